The van der Waals surface area contributed by atoms with E-state index < -0.39 is 42.9 Å². The monoisotopic (exact) mass is 220 g/mol. The zero-order valence-corrected chi connectivity index (χ0v) is 8.98. The molecule has 0 radical (unpaired) electrons. The largest absolute Gasteiger partial charge is 0.396 e. The quantitative estimate of drug-likeness (QED) is 0.391. The van der Waals surface area contributed by atoms with E-state index in [-0.39, 0.29) is 5.92 Å². The first-order valence-corrected chi connectivity index (χ1v) is 5.25. The van der Waals surface area contributed by atoms with Crippen LogP contribution in [0.1, 0.15) is 13.8 Å². The summed E-state index contributed by atoms with van der Waals surface area (Å²) in [4.78, 5) is 0. The normalized spacial score (nSPS) is 43.6. The molecule has 0 aromatic carbocycles. The van der Waals surface area contributed by atoms with Gasteiger partial charge in [0.15, 0.2) is 0 Å². The van der Waals surface area contributed by atoms with E-state index in [1.54, 1.807) is 13.8 Å². The summed E-state index contributed by atoms with van der Waals surface area (Å²) in [5.41, 5.74) is 0. The number of hydrogen-bond acceptors (Lipinski definition) is 5. The topological polar surface area (TPSA) is 101 Å². The predicted molar refractivity (Wildman–Crippen MR) is 52.9 cm³/mol. The van der Waals surface area contributed by atoms with Crippen LogP contribution in [0.2, 0.25) is 0 Å². The molecule has 0 aromatic heterocycles. The smallest absolute Gasteiger partial charge is 0.0881 e. The van der Waals surface area contributed by atoms with Crippen molar-refractivity contribution in [1.29, 1.82) is 0 Å². The lowest BCUT2D eigenvalue weighted by atomic mass is 9.88. The molecule has 1 fully saturated rings. The van der Waals surface area contributed by atoms with Gasteiger partial charge in [0.2, 0.25) is 0 Å². The lowest BCUT2D eigenvalue weighted by Gasteiger charge is -2.27. The van der Waals surface area contributed by atoms with Crippen LogP contribution >= 0.6 is 0 Å². The Kier molecular flexibility index (Phi) is 4.08. The molecule has 1 saturated carbocycles. The Bertz CT molecular complexity index is 208. The van der Waals surface area contributed by atoms with Crippen LogP contribution < -0.4 is 0 Å². The van der Waals surface area contributed by atoms with Crippen molar-refractivity contribution in [3.05, 3.63) is 0 Å². The lowest BCUT2D eigenvalue weighted by Crippen LogP contribution is -2.39. The molecule has 5 N–H and O–H groups in total. The third-order valence-corrected chi connectivity index (χ3v) is 3.30. The third kappa shape index (κ3) is 2.16. The molecule has 0 saturated heterocycles. The molecule has 0 bridgehead atoms. The maximum Gasteiger partial charge on any atom is 0.0881 e. The summed E-state index contributed by atoms with van der Waals surface area (Å²) < 4.78 is 0. The molecule has 0 aliphatic heterocycles. The number of hydrogen-bond donors (Lipinski definition) is 5. The minimum Gasteiger partial charge on any atom is -0.396 e. The fourth-order valence-electron chi connectivity index (χ4n) is 2.23. The first-order valence-electron chi connectivity index (χ1n) is 5.25. The molecule has 0 heterocycles. The standard InChI is InChI=1S/C10H20O5/c1-4(2)7(12)6-8(13)5(3-11)9(14)10(6)15/h4-15H,3H2,1-2H3/t5?,6-,7+,8?,9+,10?/m1/s1. The van der Waals surface area contributed by atoms with Gasteiger partial charge in [-0.3, -0.25) is 0 Å². The molecule has 90 valence electrons. The van der Waals surface area contributed by atoms with E-state index in [2.05, 4.69) is 0 Å². The third-order valence-electron chi connectivity index (χ3n) is 3.30. The molecule has 1 rings (SSSR count). The van der Waals surface area contributed by atoms with E-state index in [0.717, 1.165) is 0 Å². The van der Waals surface area contributed by atoms with Crippen LogP contribution in [0.25, 0.3) is 0 Å². The summed E-state index contributed by atoms with van der Waals surface area (Å²) in [5.74, 6) is -1.69. The van der Waals surface area contributed by atoms with E-state index in [1.165, 1.54) is 0 Å². The SMILES string of the molecule is CC(C)[C@H](O)[C@@H]1C(O)C(CO)[C@H](O)C1O. The van der Waals surface area contributed by atoms with Crippen molar-refractivity contribution < 1.29 is 25.5 Å². The van der Waals surface area contributed by atoms with Crippen LogP contribution in [-0.2, 0) is 0 Å². The number of rotatable bonds is 3. The Morgan fingerprint density at radius 3 is 1.87 bits per heavy atom. The number of aliphatic hydroxyl groups excluding tert-OH is 5. The Hall–Kier alpha value is -0.200. The first-order chi connectivity index (χ1) is 6.91. The summed E-state index contributed by atoms with van der Waals surface area (Å²) >= 11 is 0. The van der Waals surface area contributed by atoms with Gasteiger partial charge in [-0.25, -0.2) is 0 Å². The zero-order valence-electron chi connectivity index (χ0n) is 8.98. The average molecular weight is 220 g/mol. The molecular formula is C10H20O5. The van der Waals surface area contributed by atoms with Crippen molar-refractivity contribution in [2.45, 2.75) is 38.3 Å². The van der Waals surface area contributed by atoms with Gasteiger partial charge in [-0.1, -0.05) is 13.8 Å². The Morgan fingerprint density at radius 2 is 1.53 bits per heavy atom. The Morgan fingerprint density at radius 1 is 1.00 bits per heavy atom. The zero-order chi connectivity index (χ0) is 11.7. The van der Waals surface area contributed by atoms with Crippen molar-refractivity contribution in [3.63, 3.8) is 0 Å². The van der Waals surface area contributed by atoms with Gasteiger partial charge in [-0.2, -0.15) is 0 Å². The van der Waals surface area contributed by atoms with Gasteiger partial charge < -0.3 is 25.5 Å². The molecule has 1 aliphatic rings. The highest BCUT2D eigenvalue weighted by Crippen LogP contribution is 2.36. The first kappa shape index (κ1) is 12.9. The highest BCUT2D eigenvalue weighted by Gasteiger charge is 2.51. The van der Waals surface area contributed by atoms with Gasteiger partial charge in [0.25, 0.3) is 0 Å². The Labute approximate surface area is 89.0 Å². The van der Waals surface area contributed by atoms with Gasteiger partial charge in [0, 0.05) is 11.8 Å². The second-order valence-electron chi connectivity index (χ2n) is 4.63. The summed E-state index contributed by atoms with van der Waals surface area (Å²) in [5, 5.41) is 47.7. The Balaban J connectivity index is 2.82. The molecule has 0 aromatic rings. The van der Waals surface area contributed by atoms with Crippen LogP contribution in [-0.4, -0.2) is 56.6 Å². The summed E-state index contributed by atoms with van der Waals surface area (Å²) in [7, 11) is 0. The number of aliphatic hydroxyl groups is 5. The van der Waals surface area contributed by atoms with Crippen LogP contribution in [0.5, 0.6) is 0 Å². The molecule has 6 atom stereocenters. The second-order valence-corrected chi connectivity index (χ2v) is 4.63. The minimum atomic E-state index is -1.19. The molecule has 5 nitrogen and oxygen atoms in total. The summed E-state index contributed by atoms with van der Waals surface area (Å²) in [6.45, 7) is 3.13. The van der Waals surface area contributed by atoms with Gasteiger partial charge in [-0.15, -0.1) is 0 Å². The summed E-state index contributed by atoms with van der Waals surface area (Å²) in [6.07, 6.45) is -4.32. The summed E-state index contributed by atoms with van der Waals surface area (Å²) in [6, 6.07) is 0. The van der Waals surface area contributed by atoms with E-state index >= 15 is 0 Å². The van der Waals surface area contributed by atoms with Crippen LogP contribution in [0.3, 0.4) is 0 Å². The van der Waals surface area contributed by atoms with Crippen LogP contribution in [0.15, 0.2) is 0 Å². The predicted octanol–water partition coefficient (Wildman–Crippen LogP) is -1.68. The fraction of sp³-hybridized carbons (Fsp3) is 1.00. The molecule has 0 spiro atoms. The van der Waals surface area contributed by atoms with E-state index in [4.69, 9.17) is 5.11 Å². The molecule has 3 unspecified atom stereocenters. The molecule has 1 aliphatic carbocycles. The van der Waals surface area contributed by atoms with Gasteiger partial charge >= 0.3 is 0 Å². The van der Waals surface area contributed by atoms with Gasteiger partial charge in [0.05, 0.1) is 31.0 Å². The van der Waals surface area contributed by atoms with Crippen molar-refractivity contribution in [2.75, 3.05) is 6.61 Å². The minimum absolute atomic E-state index is 0.121. The maximum atomic E-state index is 9.79. The van der Waals surface area contributed by atoms with Gasteiger partial charge in [-0.05, 0) is 5.92 Å². The van der Waals surface area contributed by atoms with Crippen molar-refractivity contribution in [2.24, 2.45) is 17.8 Å². The maximum absolute atomic E-state index is 9.79. The highest BCUT2D eigenvalue weighted by atomic mass is 16.4. The molecule has 0 amide bonds. The van der Waals surface area contributed by atoms with Crippen LogP contribution in [0.4, 0.5) is 0 Å². The van der Waals surface area contributed by atoms with Crippen molar-refractivity contribution >= 4 is 0 Å². The highest BCUT2D eigenvalue weighted by molar-refractivity contribution is 5.00. The van der Waals surface area contributed by atoms with E-state index in [0.29, 0.717) is 0 Å². The second kappa shape index (κ2) is 4.76. The van der Waals surface area contributed by atoms with Crippen molar-refractivity contribution in [3.8, 4) is 0 Å². The van der Waals surface area contributed by atoms with Crippen molar-refractivity contribution in [1.82, 2.24) is 0 Å². The van der Waals surface area contributed by atoms with Crippen LogP contribution in [0, 0.1) is 17.8 Å². The molecular weight excluding hydrogens is 200 g/mol. The molecule has 5 heteroatoms. The van der Waals surface area contributed by atoms with E-state index in [9.17, 15) is 20.4 Å². The molecule has 15 heavy (non-hydrogen) atoms. The van der Waals surface area contributed by atoms with Gasteiger partial charge in [0.1, 0.15) is 0 Å². The lowest BCUT2D eigenvalue weighted by molar-refractivity contribution is -0.0571. The fourth-order valence-corrected chi connectivity index (χ4v) is 2.23. The van der Waals surface area contributed by atoms with E-state index in [1.807, 2.05) is 0 Å². The average Bonchev–Trinajstić information content (AvgIpc) is 2.37.